The fourth-order valence-corrected chi connectivity index (χ4v) is 2.56. The molecule has 5 nitrogen and oxygen atoms in total. The van der Waals surface area contributed by atoms with Crippen molar-refractivity contribution in [2.24, 2.45) is 24.8 Å². The van der Waals surface area contributed by atoms with Crippen molar-refractivity contribution in [2.75, 3.05) is 11.9 Å². The van der Waals surface area contributed by atoms with Crippen LogP contribution in [0.5, 0.6) is 0 Å². The molecule has 0 aliphatic rings. The Bertz CT molecular complexity index is 536. The number of nitrogens with zero attached hydrogens (tertiary/aromatic N) is 4. The molecule has 0 aliphatic heterocycles. The van der Waals surface area contributed by atoms with Gasteiger partial charge in [0.05, 0.1) is 11.6 Å². The first-order valence-corrected chi connectivity index (χ1v) is 6.87. The lowest BCUT2D eigenvalue weighted by atomic mass is 9.85. The highest BCUT2D eigenvalue weighted by atomic mass is 15.3. The predicted octanol–water partition coefficient (Wildman–Crippen LogP) is 2.70. The van der Waals surface area contributed by atoms with E-state index in [1.54, 1.807) is 11.0 Å². The standard InChI is InChI=1S/C14H23N5/c1-9(2)11(10(3)4)6-15-13-12-7-18-19(5)14(12)17-8-16-13/h7-11H,6H2,1-5H3,(H,15,16,17). The number of aryl methyl sites for hydroxylation is 1. The lowest BCUT2D eigenvalue weighted by molar-refractivity contribution is 0.304. The maximum absolute atomic E-state index is 4.34. The molecule has 0 bridgehead atoms. The zero-order valence-electron chi connectivity index (χ0n) is 12.4. The van der Waals surface area contributed by atoms with Crippen LogP contribution in [0.1, 0.15) is 27.7 Å². The van der Waals surface area contributed by atoms with E-state index in [0.29, 0.717) is 17.8 Å². The molecular weight excluding hydrogens is 238 g/mol. The molecule has 104 valence electrons. The van der Waals surface area contributed by atoms with Crippen LogP contribution in [-0.2, 0) is 7.05 Å². The SMILES string of the molecule is CC(C)C(CNc1ncnc2c1cnn2C)C(C)C. The maximum atomic E-state index is 4.34. The van der Waals surface area contributed by atoms with E-state index in [4.69, 9.17) is 0 Å². The van der Waals surface area contributed by atoms with Crippen LogP contribution in [0.25, 0.3) is 11.0 Å². The Balaban J connectivity index is 2.17. The van der Waals surface area contributed by atoms with Gasteiger partial charge in [0.2, 0.25) is 0 Å². The fourth-order valence-electron chi connectivity index (χ4n) is 2.56. The second kappa shape index (κ2) is 5.55. The molecule has 2 heterocycles. The Morgan fingerprint density at radius 3 is 2.47 bits per heavy atom. The third-order valence-electron chi connectivity index (χ3n) is 3.75. The van der Waals surface area contributed by atoms with Crippen molar-refractivity contribution < 1.29 is 0 Å². The van der Waals surface area contributed by atoms with E-state index in [0.717, 1.165) is 23.4 Å². The minimum Gasteiger partial charge on any atom is -0.369 e. The predicted molar refractivity (Wildman–Crippen MR) is 78.0 cm³/mol. The number of nitrogens with one attached hydrogen (secondary N) is 1. The highest BCUT2D eigenvalue weighted by Crippen LogP contribution is 2.23. The normalized spacial score (nSPS) is 12.0. The average molecular weight is 261 g/mol. The molecule has 0 unspecified atom stereocenters. The summed E-state index contributed by atoms with van der Waals surface area (Å²) in [6.45, 7) is 10.0. The van der Waals surface area contributed by atoms with Gasteiger partial charge in [0, 0.05) is 13.6 Å². The van der Waals surface area contributed by atoms with Crippen molar-refractivity contribution in [3.63, 3.8) is 0 Å². The fraction of sp³-hybridized carbons (Fsp3) is 0.643. The quantitative estimate of drug-likeness (QED) is 0.899. The molecule has 1 N–H and O–H groups in total. The van der Waals surface area contributed by atoms with Crippen LogP contribution >= 0.6 is 0 Å². The van der Waals surface area contributed by atoms with E-state index in [1.165, 1.54) is 0 Å². The molecule has 2 aromatic rings. The van der Waals surface area contributed by atoms with Crippen molar-refractivity contribution in [3.05, 3.63) is 12.5 Å². The zero-order chi connectivity index (χ0) is 14.0. The first-order chi connectivity index (χ1) is 9.00. The molecular formula is C14H23N5. The topological polar surface area (TPSA) is 55.6 Å². The number of rotatable bonds is 5. The molecule has 5 heteroatoms. The average Bonchev–Trinajstić information content (AvgIpc) is 2.71. The van der Waals surface area contributed by atoms with Crippen LogP contribution in [0.15, 0.2) is 12.5 Å². The largest absolute Gasteiger partial charge is 0.369 e. The van der Waals surface area contributed by atoms with E-state index >= 15 is 0 Å². The van der Waals surface area contributed by atoms with Crippen LogP contribution in [0.4, 0.5) is 5.82 Å². The summed E-state index contributed by atoms with van der Waals surface area (Å²) in [5, 5.41) is 8.67. The van der Waals surface area contributed by atoms with E-state index in [9.17, 15) is 0 Å². The molecule has 2 aromatic heterocycles. The molecule has 0 saturated heterocycles. The molecule has 0 aliphatic carbocycles. The van der Waals surface area contributed by atoms with Crippen molar-refractivity contribution >= 4 is 16.9 Å². The van der Waals surface area contributed by atoms with Gasteiger partial charge in [-0.1, -0.05) is 27.7 Å². The summed E-state index contributed by atoms with van der Waals surface area (Å²) in [4.78, 5) is 8.58. The molecule has 0 amide bonds. The third-order valence-corrected chi connectivity index (χ3v) is 3.75. The van der Waals surface area contributed by atoms with E-state index in [1.807, 2.05) is 13.2 Å². The summed E-state index contributed by atoms with van der Waals surface area (Å²) in [7, 11) is 1.89. The van der Waals surface area contributed by atoms with Crippen molar-refractivity contribution in [1.29, 1.82) is 0 Å². The molecule has 0 radical (unpaired) electrons. The number of hydrogen-bond acceptors (Lipinski definition) is 4. The van der Waals surface area contributed by atoms with Gasteiger partial charge in [-0.15, -0.1) is 0 Å². The van der Waals surface area contributed by atoms with Crippen LogP contribution in [0, 0.1) is 17.8 Å². The van der Waals surface area contributed by atoms with E-state index < -0.39 is 0 Å². The van der Waals surface area contributed by atoms with Gasteiger partial charge in [0.25, 0.3) is 0 Å². The zero-order valence-corrected chi connectivity index (χ0v) is 12.4. The molecule has 0 atom stereocenters. The Morgan fingerprint density at radius 1 is 1.16 bits per heavy atom. The molecule has 0 spiro atoms. The first kappa shape index (κ1) is 13.8. The van der Waals surface area contributed by atoms with Crippen LogP contribution in [0.3, 0.4) is 0 Å². The summed E-state index contributed by atoms with van der Waals surface area (Å²) in [6, 6.07) is 0. The molecule has 0 fully saturated rings. The van der Waals surface area contributed by atoms with Gasteiger partial charge < -0.3 is 5.32 Å². The van der Waals surface area contributed by atoms with Crippen LogP contribution in [-0.4, -0.2) is 26.3 Å². The maximum Gasteiger partial charge on any atom is 0.163 e. The van der Waals surface area contributed by atoms with Gasteiger partial charge in [-0.05, 0) is 17.8 Å². The minimum absolute atomic E-state index is 0.627. The van der Waals surface area contributed by atoms with Gasteiger partial charge in [0.1, 0.15) is 12.1 Å². The van der Waals surface area contributed by atoms with Gasteiger partial charge in [0.15, 0.2) is 5.65 Å². The van der Waals surface area contributed by atoms with Gasteiger partial charge in [-0.25, -0.2) is 9.97 Å². The highest BCUT2D eigenvalue weighted by molar-refractivity contribution is 5.85. The smallest absolute Gasteiger partial charge is 0.163 e. The van der Waals surface area contributed by atoms with Crippen molar-refractivity contribution in [3.8, 4) is 0 Å². The van der Waals surface area contributed by atoms with Crippen LogP contribution < -0.4 is 5.32 Å². The summed E-state index contributed by atoms with van der Waals surface area (Å²) < 4.78 is 1.77. The molecule has 0 saturated carbocycles. The first-order valence-electron chi connectivity index (χ1n) is 6.87. The lowest BCUT2D eigenvalue weighted by Crippen LogP contribution is -2.24. The monoisotopic (exact) mass is 261 g/mol. The molecule has 19 heavy (non-hydrogen) atoms. The summed E-state index contributed by atoms with van der Waals surface area (Å²) in [6.07, 6.45) is 3.41. The third kappa shape index (κ3) is 2.85. The van der Waals surface area contributed by atoms with E-state index in [-0.39, 0.29) is 0 Å². The van der Waals surface area contributed by atoms with Gasteiger partial charge >= 0.3 is 0 Å². The Kier molecular flexibility index (Phi) is 4.02. The van der Waals surface area contributed by atoms with Gasteiger partial charge in [-0.3, -0.25) is 4.68 Å². The van der Waals surface area contributed by atoms with E-state index in [2.05, 4.69) is 48.1 Å². The Hall–Kier alpha value is -1.65. The van der Waals surface area contributed by atoms with Crippen molar-refractivity contribution in [1.82, 2.24) is 19.7 Å². The minimum atomic E-state index is 0.627. The summed E-state index contributed by atoms with van der Waals surface area (Å²) >= 11 is 0. The molecule has 2 rings (SSSR count). The van der Waals surface area contributed by atoms with Crippen molar-refractivity contribution in [2.45, 2.75) is 27.7 Å². The number of fused-ring (bicyclic) bond motifs is 1. The Morgan fingerprint density at radius 2 is 1.84 bits per heavy atom. The number of anilines is 1. The summed E-state index contributed by atoms with van der Waals surface area (Å²) in [5.41, 5.74) is 0.864. The highest BCUT2D eigenvalue weighted by Gasteiger charge is 2.18. The lowest BCUT2D eigenvalue weighted by Gasteiger charge is -2.25. The number of aromatic nitrogens is 4. The second-order valence-electron chi connectivity index (χ2n) is 5.76. The Labute approximate surface area is 114 Å². The summed E-state index contributed by atoms with van der Waals surface area (Å²) in [5.74, 6) is 2.81. The molecule has 0 aromatic carbocycles. The van der Waals surface area contributed by atoms with Gasteiger partial charge in [-0.2, -0.15) is 5.10 Å². The second-order valence-corrected chi connectivity index (χ2v) is 5.76. The van der Waals surface area contributed by atoms with Crippen LogP contribution in [0.2, 0.25) is 0 Å². The number of hydrogen-bond donors (Lipinski definition) is 1.